The van der Waals surface area contributed by atoms with Gasteiger partial charge in [-0.3, -0.25) is 9.69 Å². The monoisotopic (exact) mass is 346 g/mol. The van der Waals surface area contributed by atoms with Gasteiger partial charge >= 0.3 is 0 Å². The van der Waals surface area contributed by atoms with Crippen molar-refractivity contribution in [3.8, 4) is 5.75 Å². The molecule has 1 atom stereocenters. The van der Waals surface area contributed by atoms with Crippen LogP contribution >= 0.6 is 0 Å². The first-order valence-corrected chi connectivity index (χ1v) is 9.32. The predicted molar refractivity (Wildman–Crippen MR) is 99.5 cm³/mol. The van der Waals surface area contributed by atoms with E-state index < -0.39 is 0 Å². The lowest BCUT2D eigenvalue weighted by atomic mass is 9.80. The Morgan fingerprint density at radius 1 is 1.32 bits per heavy atom. The third kappa shape index (κ3) is 3.82. The van der Waals surface area contributed by atoms with Crippen LogP contribution < -0.4 is 9.64 Å². The van der Waals surface area contributed by atoms with Gasteiger partial charge in [0.1, 0.15) is 5.75 Å². The fourth-order valence-corrected chi connectivity index (χ4v) is 4.16. The van der Waals surface area contributed by atoms with Gasteiger partial charge in [0.15, 0.2) is 0 Å². The molecule has 0 radical (unpaired) electrons. The summed E-state index contributed by atoms with van der Waals surface area (Å²) in [6.45, 7) is 12.7. The van der Waals surface area contributed by atoms with E-state index in [1.54, 1.807) is 0 Å². The molecule has 0 bridgehead atoms. The van der Waals surface area contributed by atoms with Crippen LogP contribution in [0.2, 0.25) is 0 Å². The molecule has 1 fully saturated rings. The van der Waals surface area contributed by atoms with Gasteiger partial charge in [-0.25, -0.2) is 0 Å². The number of rotatable bonds is 4. The number of morpholine rings is 1. The predicted octanol–water partition coefficient (Wildman–Crippen LogP) is 3.04. The van der Waals surface area contributed by atoms with Gasteiger partial charge < -0.3 is 14.4 Å². The van der Waals surface area contributed by atoms with Gasteiger partial charge in [-0.15, -0.1) is 0 Å². The molecule has 3 rings (SSSR count). The second kappa shape index (κ2) is 7.34. The number of fused-ring (bicyclic) bond motifs is 1. The van der Waals surface area contributed by atoms with Crippen LogP contribution in [0.1, 0.15) is 45.6 Å². The molecule has 1 aromatic carbocycles. The molecule has 0 saturated carbocycles. The molecule has 25 heavy (non-hydrogen) atoms. The first kappa shape index (κ1) is 18.2. The first-order valence-electron chi connectivity index (χ1n) is 9.32. The molecule has 1 saturated heterocycles. The Labute approximate surface area is 150 Å². The minimum absolute atomic E-state index is 0.171. The van der Waals surface area contributed by atoms with E-state index in [9.17, 15) is 4.79 Å². The summed E-state index contributed by atoms with van der Waals surface area (Å²) in [5.41, 5.74) is 2.05. The number of ether oxygens (including phenoxy) is 2. The molecule has 2 aliphatic rings. The Morgan fingerprint density at radius 3 is 2.72 bits per heavy atom. The highest BCUT2D eigenvalue weighted by atomic mass is 16.5. The van der Waals surface area contributed by atoms with Crippen molar-refractivity contribution in [2.75, 3.05) is 44.4 Å². The van der Waals surface area contributed by atoms with Crippen molar-refractivity contribution >= 4 is 11.6 Å². The van der Waals surface area contributed by atoms with Crippen LogP contribution in [0, 0.1) is 0 Å². The van der Waals surface area contributed by atoms with Crippen LogP contribution in [-0.4, -0.2) is 55.8 Å². The Balaban J connectivity index is 1.88. The highest BCUT2D eigenvalue weighted by Gasteiger charge is 2.40. The van der Waals surface area contributed by atoms with Gasteiger partial charge in [-0.1, -0.05) is 6.92 Å². The SMILES string of the molecule is CCOc1ccc2c(c1)C(C)CC(C)(C)N2C(=O)CN1CCOCC1. The van der Waals surface area contributed by atoms with E-state index in [0.29, 0.717) is 32.3 Å². The lowest BCUT2D eigenvalue weighted by molar-refractivity contribution is -0.122. The van der Waals surface area contributed by atoms with Crippen LogP contribution in [0.15, 0.2) is 18.2 Å². The van der Waals surface area contributed by atoms with Gasteiger partial charge in [0.25, 0.3) is 0 Å². The molecule has 0 spiro atoms. The van der Waals surface area contributed by atoms with Crippen molar-refractivity contribution in [1.82, 2.24) is 4.90 Å². The summed E-state index contributed by atoms with van der Waals surface area (Å²) in [6.07, 6.45) is 0.949. The van der Waals surface area contributed by atoms with Crippen molar-refractivity contribution in [2.45, 2.75) is 45.6 Å². The summed E-state index contributed by atoms with van der Waals surface area (Å²) in [5, 5.41) is 0. The number of benzene rings is 1. The first-order chi connectivity index (χ1) is 11.9. The molecular weight excluding hydrogens is 316 g/mol. The van der Waals surface area contributed by atoms with E-state index in [0.717, 1.165) is 30.9 Å². The van der Waals surface area contributed by atoms with Crippen LogP contribution in [0.4, 0.5) is 5.69 Å². The minimum Gasteiger partial charge on any atom is -0.494 e. The van der Waals surface area contributed by atoms with Crippen molar-refractivity contribution in [1.29, 1.82) is 0 Å². The van der Waals surface area contributed by atoms with Crippen LogP contribution in [0.3, 0.4) is 0 Å². The summed E-state index contributed by atoms with van der Waals surface area (Å²) in [5.74, 6) is 1.45. The number of carbonyl (C=O) groups excluding carboxylic acids is 1. The molecule has 1 aromatic rings. The van der Waals surface area contributed by atoms with Crippen LogP contribution in [0.5, 0.6) is 5.75 Å². The highest BCUT2D eigenvalue weighted by molar-refractivity contribution is 5.97. The summed E-state index contributed by atoms with van der Waals surface area (Å²) >= 11 is 0. The Morgan fingerprint density at radius 2 is 2.04 bits per heavy atom. The van der Waals surface area contributed by atoms with Crippen LogP contribution in [-0.2, 0) is 9.53 Å². The second-order valence-corrected chi connectivity index (χ2v) is 7.69. The van der Waals surface area contributed by atoms with E-state index in [2.05, 4.69) is 37.8 Å². The maximum Gasteiger partial charge on any atom is 0.241 e. The number of amides is 1. The smallest absolute Gasteiger partial charge is 0.241 e. The van der Waals surface area contributed by atoms with E-state index in [1.165, 1.54) is 5.56 Å². The fourth-order valence-electron chi connectivity index (χ4n) is 4.16. The number of anilines is 1. The van der Waals surface area contributed by atoms with E-state index >= 15 is 0 Å². The maximum atomic E-state index is 13.2. The molecule has 5 heteroatoms. The number of hydrogen-bond donors (Lipinski definition) is 0. The topological polar surface area (TPSA) is 42.0 Å². The zero-order valence-corrected chi connectivity index (χ0v) is 15.9. The van der Waals surface area contributed by atoms with Crippen LogP contribution in [0.25, 0.3) is 0 Å². The maximum absolute atomic E-state index is 13.2. The quantitative estimate of drug-likeness (QED) is 0.840. The molecular formula is C20H30N2O3. The van der Waals surface area contributed by atoms with Gasteiger partial charge in [-0.05, 0) is 56.9 Å². The molecule has 0 aromatic heterocycles. The van der Waals surface area contributed by atoms with Gasteiger partial charge in [0.05, 0.1) is 26.4 Å². The third-order valence-electron chi connectivity index (χ3n) is 5.20. The van der Waals surface area contributed by atoms with Crippen molar-refractivity contribution in [2.24, 2.45) is 0 Å². The third-order valence-corrected chi connectivity index (χ3v) is 5.20. The standard InChI is InChI=1S/C20H30N2O3/c1-5-25-16-6-7-18-17(12-16)15(2)13-20(3,4)22(18)19(23)14-21-8-10-24-11-9-21/h6-7,12,15H,5,8-11,13-14H2,1-4H3. The van der Waals surface area contributed by atoms with E-state index in [1.807, 2.05) is 17.9 Å². The lowest BCUT2D eigenvalue weighted by Crippen LogP contribution is -2.55. The molecule has 0 N–H and O–H groups in total. The number of carbonyl (C=O) groups is 1. The lowest BCUT2D eigenvalue weighted by Gasteiger charge is -2.46. The summed E-state index contributed by atoms with van der Waals surface area (Å²) < 4.78 is 11.1. The number of nitrogens with zero attached hydrogens (tertiary/aromatic N) is 2. The molecule has 0 aliphatic carbocycles. The average molecular weight is 346 g/mol. The largest absolute Gasteiger partial charge is 0.494 e. The van der Waals surface area contributed by atoms with Crippen molar-refractivity contribution < 1.29 is 14.3 Å². The molecule has 2 heterocycles. The summed E-state index contributed by atoms with van der Waals surface area (Å²) in [4.78, 5) is 17.4. The minimum atomic E-state index is -0.192. The Bertz CT molecular complexity index is 623. The average Bonchev–Trinajstić information content (AvgIpc) is 2.56. The van der Waals surface area contributed by atoms with E-state index in [-0.39, 0.29) is 11.4 Å². The normalized spacial score (nSPS) is 23.2. The Kier molecular flexibility index (Phi) is 5.35. The molecule has 1 amide bonds. The Hall–Kier alpha value is -1.59. The van der Waals surface area contributed by atoms with Gasteiger partial charge in [0.2, 0.25) is 5.91 Å². The molecule has 5 nitrogen and oxygen atoms in total. The summed E-state index contributed by atoms with van der Waals surface area (Å²) in [6, 6.07) is 6.13. The number of hydrogen-bond acceptors (Lipinski definition) is 4. The summed E-state index contributed by atoms with van der Waals surface area (Å²) in [7, 11) is 0. The van der Waals surface area contributed by atoms with Gasteiger partial charge in [-0.2, -0.15) is 0 Å². The fraction of sp³-hybridized carbons (Fsp3) is 0.650. The van der Waals surface area contributed by atoms with Crippen molar-refractivity contribution in [3.05, 3.63) is 23.8 Å². The molecule has 1 unspecified atom stereocenters. The second-order valence-electron chi connectivity index (χ2n) is 7.69. The molecule has 138 valence electrons. The highest BCUT2D eigenvalue weighted by Crippen LogP contribution is 2.44. The van der Waals surface area contributed by atoms with Crippen molar-refractivity contribution in [3.63, 3.8) is 0 Å². The van der Waals surface area contributed by atoms with E-state index in [4.69, 9.17) is 9.47 Å². The zero-order chi connectivity index (χ0) is 18.0. The zero-order valence-electron chi connectivity index (χ0n) is 15.9. The van der Waals surface area contributed by atoms with Gasteiger partial charge in [0, 0.05) is 24.3 Å². The molecule has 2 aliphatic heterocycles.